The number of ether oxygens (including phenoxy) is 4. The molecule has 0 spiro atoms. The van der Waals surface area contributed by atoms with Crippen LogP contribution in [0.25, 0.3) is 5.57 Å². The van der Waals surface area contributed by atoms with Crippen molar-refractivity contribution in [3.05, 3.63) is 76.0 Å². The van der Waals surface area contributed by atoms with E-state index in [1.807, 2.05) is 12.1 Å². The van der Waals surface area contributed by atoms with Gasteiger partial charge in [-0.2, -0.15) is 0 Å². The molecule has 0 radical (unpaired) electrons. The monoisotopic (exact) mass is 646 g/mol. The number of benzene rings is 2. The molecule has 0 N–H and O–H groups in total. The third-order valence-corrected chi connectivity index (χ3v) is 10.3. The Bertz CT molecular complexity index is 1280. The fraction of sp³-hybridized carbons (Fsp3) is 0.387. The van der Waals surface area contributed by atoms with Crippen molar-refractivity contribution in [2.24, 2.45) is 0 Å². The van der Waals surface area contributed by atoms with Crippen molar-refractivity contribution in [1.82, 2.24) is 0 Å². The minimum Gasteiger partial charge on any atom is -0.465 e. The SMILES string of the molecule is CCOC(=O)C(SC1=C(c2ccccc2)C(=O)C(c2ccccc2)C(SC(C(=O)OCC)C(=O)OCC)S1)C(=O)OCC. The first-order valence-electron chi connectivity index (χ1n) is 13.8. The summed E-state index contributed by atoms with van der Waals surface area (Å²) >= 11 is 3.00. The minimum atomic E-state index is -1.40. The van der Waals surface area contributed by atoms with E-state index in [2.05, 4.69) is 0 Å². The smallest absolute Gasteiger partial charge is 0.331 e. The molecule has 1 aliphatic heterocycles. The maximum absolute atomic E-state index is 14.5. The summed E-state index contributed by atoms with van der Waals surface area (Å²) in [6.45, 7) is 6.70. The molecule has 0 bridgehead atoms. The van der Waals surface area contributed by atoms with Gasteiger partial charge in [-0.25, -0.2) is 0 Å². The Kier molecular flexibility index (Phi) is 13.7. The van der Waals surface area contributed by atoms with E-state index >= 15 is 0 Å². The molecule has 0 saturated heterocycles. The standard InChI is InChI=1S/C31H34O9S3/c1-5-37-26(33)24(27(34)38-6-2)41-30-21(19-15-11-9-12-16-19)23(32)22(20-17-13-10-14-18-20)31(43-30)42-25(28(35)39-7-3)29(36)40-8-4/h9-18,21,24-25,30H,5-8H2,1-4H3. The van der Waals surface area contributed by atoms with Crippen LogP contribution in [0, 0.1) is 0 Å². The van der Waals surface area contributed by atoms with E-state index in [9.17, 15) is 24.0 Å². The number of rotatable bonds is 14. The van der Waals surface area contributed by atoms with Crippen LogP contribution in [-0.4, -0.2) is 71.2 Å². The number of hydrogen-bond acceptors (Lipinski definition) is 12. The topological polar surface area (TPSA) is 122 Å². The molecule has 1 aliphatic rings. The third kappa shape index (κ3) is 8.90. The van der Waals surface area contributed by atoms with E-state index in [1.165, 1.54) is 11.8 Å². The number of allylic oxidation sites excluding steroid dienone is 1. The second-order valence-corrected chi connectivity index (χ2v) is 12.9. The summed E-state index contributed by atoms with van der Waals surface area (Å²) in [7, 11) is 0. The first kappa shape index (κ1) is 34.3. The van der Waals surface area contributed by atoms with E-state index in [1.54, 1.807) is 76.2 Å². The van der Waals surface area contributed by atoms with Crippen molar-refractivity contribution >= 4 is 70.5 Å². The Hall–Kier alpha value is -3.22. The highest BCUT2D eigenvalue weighted by Crippen LogP contribution is 2.54. The molecule has 0 aromatic heterocycles. The second kappa shape index (κ2) is 17.2. The molecule has 0 fully saturated rings. The highest BCUT2D eigenvalue weighted by Gasteiger charge is 2.46. The van der Waals surface area contributed by atoms with Gasteiger partial charge in [0, 0.05) is 5.57 Å². The molecule has 9 nitrogen and oxygen atoms in total. The predicted octanol–water partition coefficient (Wildman–Crippen LogP) is 5.24. The lowest BCUT2D eigenvalue weighted by molar-refractivity contribution is -0.154. The van der Waals surface area contributed by atoms with Gasteiger partial charge in [0.1, 0.15) is 0 Å². The number of hydrogen-bond donors (Lipinski definition) is 0. The van der Waals surface area contributed by atoms with Gasteiger partial charge in [-0.05, 0) is 38.8 Å². The summed E-state index contributed by atoms with van der Waals surface area (Å²) in [6.07, 6.45) is 0. The normalized spacial score (nSPS) is 16.7. The molecule has 0 aliphatic carbocycles. The van der Waals surface area contributed by atoms with Crippen molar-refractivity contribution in [1.29, 1.82) is 0 Å². The van der Waals surface area contributed by atoms with E-state index in [0.29, 0.717) is 20.9 Å². The van der Waals surface area contributed by atoms with E-state index in [0.717, 1.165) is 23.5 Å². The lowest BCUT2D eigenvalue weighted by atomic mass is 9.89. The van der Waals surface area contributed by atoms with Gasteiger partial charge in [0.2, 0.25) is 10.5 Å². The van der Waals surface area contributed by atoms with Crippen LogP contribution in [0.5, 0.6) is 0 Å². The zero-order valence-electron chi connectivity index (χ0n) is 24.3. The summed E-state index contributed by atoms with van der Waals surface area (Å²) in [6, 6.07) is 18.0. The summed E-state index contributed by atoms with van der Waals surface area (Å²) in [5, 5.41) is -2.77. The Morgan fingerprint density at radius 2 is 1.14 bits per heavy atom. The van der Waals surface area contributed by atoms with Crippen LogP contribution < -0.4 is 0 Å². The summed E-state index contributed by atoms with van der Waals surface area (Å²) in [5.74, 6) is -4.27. The number of thioether (sulfide) groups is 3. The first-order chi connectivity index (χ1) is 20.8. The van der Waals surface area contributed by atoms with E-state index in [4.69, 9.17) is 18.9 Å². The number of carbonyl (C=O) groups is 5. The molecular formula is C31H34O9S3. The van der Waals surface area contributed by atoms with Crippen LogP contribution in [0.4, 0.5) is 0 Å². The van der Waals surface area contributed by atoms with E-state index in [-0.39, 0.29) is 32.2 Å². The lowest BCUT2D eigenvalue weighted by Gasteiger charge is -2.34. The number of esters is 4. The molecule has 1 heterocycles. The molecule has 12 heteroatoms. The van der Waals surface area contributed by atoms with Gasteiger partial charge in [-0.1, -0.05) is 72.4 Å². The minimum absolute atomic E-state index is 0.0429. The van der Waals surface area contributed by atoms with Crippen LogP contribution >= 0.6 is 35.3 Å². The van der Waals surface area contributed by atoms with Gasteiger partial charge in [-0.15, -0.1) is 23.5 Å². The van der Waals surface area contributed by atoms with Crippen LogP contribution in [0.15, 0.2) is 64.9 Å². The fourth-order valence-corrected chi connectivity index (χ4v) is 8.91. The third-order valence-electron chi connectivity index (χ3n) is 5.95. The lowest BCUT2D eigenvalue weighted by Crippen LogP contribution is -2.36. The Labute approximate surface area is 263 Å². The molecule has 0 saturated carbocycles. The number of ketones is 1. The van der Waals surface area contributed by atoms with Gasteiger partial charge in [0.25, 0.3) is 0 Å². The summed E-state index contributed by atoms with van der Waals surface area (Å²) in [4.78, 5) is 66.3. The Morgan fingerprint density at radius 1 is 0.698 bits per heavy atom. The predicted molar refractivity (Wildman–Crippen MR) is 168 cm³/mol. The maximum Gasteiger partial charge on any atom is 0.331 e. The van der Waals surface area contributed by atoms with Gasteiger partial charge < -0.3 is 18.9 Å². The van der Waals surface area contributed by atoms with Gasteiger partial charge in [-0.3, -0.25) is 24.0 Å². The summed E-state index contributed by atoms with van der Waals surface area (Å²) in [5.41, 5.74) is 1.57. The van der Waals surface area contributed by atoms with Crippen molar-refractivity contribution < 1.29 is 42.9 Å². The van der Waals surface area contributed by atoms with E-state index < -0.39 is 44.9 Å². The van der Waals surface area contributed by atoms with Crippen LogP contribution in [-0.2, 0) is 42.9 Å². The highest BCUT2D eigenvalue weighted by atomic mass is 32.2. The van der Waals surface area contributed by atoms with Crippen molar-refractivity contribution in [2.75, 3.05) is 26.4 Å². The number of carbonyl (C=O) groups excluding carboxylic acids is 5. The average Bonchev–Trinajstić information content (AvgIpc) is 2.99. The largest absolute Gasteiger partial charge is 0.465 e. The molecule has 2 unspecified atom stereocenters. The highest BCUT2D eigenvalue weighted by molar-refractivity contribution is 8.29. The van der Waals surface area contributed by atoms with Gasteiger partial charge in [0.05, 0.1) is 41.2 Å². The Morgan fingerprint density at radius 3 is 1.60 bits per heavy atom. The number of Topliss-reactive ketones (excluding diaryl/α,β-unsaturated/α-hetero) is 1. The van der Waals surface area contributed by atoms with Crippen molar-refractivity contribution in [3.8, 4) is 0 Å². The maximum atomic E-state index is 14.5. The average molecular weight is 647 g/mol. The Balaban J connectivity index is 2.20. The molecule has 2 aromatic carbocycles. The second-order valence-electron chi connectivity index (χ2n) is 8.79. The molecule has 230 valence electrons. The molecule has 2 aromatic rings. The van der Waals surface area contributed by atoms with Gasteiger partial charge >= 0.3 is 23.9 Å². The molecule has 2 atom stereocenters. The van der Waals surface area contributed by atoms with Gasteiger partial charge in [0.15, 0.2) is 5.78 Å². The molecule has 43 heavy (non-hydrogen) atoms. The molecular weight excluding hydrogens is 613 g/mol. The zero-order chi connectivity index (χ0) is 31.4. The van der Waals surface area contributed by atoms with Crippen LogP contribution in [0.1, 0.15) is 44.7 Å². The van der Waals surface area contributed by atoms with Crippen LogP contribution in [0.3, 0.4) is 0 Å². The fourth-order valence-electron chi connectivity index (χ4n) is 4.15. The quantitative estimate of drug-likeness (QED) is 0.152. The summed E-state index contributed by atoms with van der Waals surface area (Å²) < 4.78 is 20.3. The van der Waals surface area contributed by atoms with Crippen LogP contribution in [0.2, 0.25) is 0 Å². The van der Waals surface area contributed by atoms with Crippen molar-refractivity contribution in [2.45, 2.75) is 48.7 Å². The zero-order valence-corrected chi connectivity index (χ0v) is 26.8. The van der Waals surface area contributed by atoms with Crippen molar-refractivity contribution in [3.63, 3.8) is 0 Å². The first-order valence-corrected chi connectivity index (χ1v) is 16.5. The molecule has 0 amide bonds. The molecule has 3 rings (SSSR count).